The summed E-state index contributed by atoms with van der Waals surface area (Å²) >= 11 is 0. The van der Waals surface area contributed by atoms with Gasteiger partial charge in [0.2, 0.25) is 0 Å². The van der Waals surface area contributed by atoms with Gasteiger partial charge in [-0.05, 0) is 32.2 Å². The molecule has 0 amide bonds. The number of piperazine rings is 1. The number of rotatable bonds is 2. The van der Waals surface area contributed by atoms with E-state index in [-0.39, 0.29) is 11.8 Å². The van der Waals surface area contributed by atoms with Crippen molar-refractivity contribution in [1.29, 1.82) is 0 Å². The number of likely N-dealkylation sites (N-methyl/N-ethyl adjacent to an activating group) is 1. The first-order valence-corrected chi connectivity index (χ1v) is 6.56. The normalized spacial score (nSPS) is 20.8. The van der Waals surface area contributed by atoms with E-state index >= 15 is 0 Å². The summed E-state index contributed by atoms with van der Waals surface area (Å²) in [4.78, 5) is 22.2. The summed E-state index contributed by atoms with van der Waals surface area (Å²) in [6.07, 6.45) is 0. The SMILES string of the molecule is Cc1nc2ccc(C(=O)C3CN(C)CCN3)cc2[nH]1. The highest BCUT2D eigenvalue weighted by Gasteiger charge is 2.24. The Bertz CT molecular complexity index is 619. The lowest BCUT2D eigenvalue weighted by Crippen LogP contribution is -2.52. The van der Waals surface area contributed by atoms with Crippen molar-refractivity contribution in [3.8, 4) is 0 Å². The maximum absolute atomic E-state index is 12.5. The smallest absolute Gasteiger partial charge is 0.181 e. The third kappa shape index (κ3) is 2.39. The number of nitrogens with one attached hydrogen (secondary N) is 2. The number of aromatic amines is 1. The van der Waals surface area contributed by atoms with Gasteiger partial charge in [-0.3, -0.25) is 4.79 Å². The topological polar surface area (TPSA) is 61.0 Å². The lowest BCUT2D eigenvalue weighted by molar-refractivity contribution is 0.0894. The molecule has 2 heterocycles. The molecule has 0 aliphatic carbocycles. The van der Waals surface area contributed by atoms with Crippen LogP contribution < -0.4 is 5.32 Å². The number of fused-ring (bicyclic) bond motifs is 1. The minimum absolute atomic E-state index is 0.111. The number of benzene rings is 1. The number of carbonyl (C=O) groups excluding carboxylic acids is 1. The van der Waals surface area contributed by atoms with Crippen molar-refractivity contribution in [1.82, 2.24) is 20.2 Å². The first-order valence-electron chi connectivity index (χ1n) is 6.56. The van der Waals surface area contributed by atoms with Crippen LogP contribution in [0.4, 0.5) is 0 Å². The highest BCUT2D eigenvalue weighted by molar-refractivity contribution is 6.02. The van der Waals surface area contributed by atoms with Gasteiger partial charge in [-0.1, -0.05) is 0 Å². The Morgan fingerprint density at radius 1 is 1.47 bits per heavy atom. The molecule has 3 rings (SSSR count). The van der Waals surface area contributed by atoms with Gasteiger partial charge in [-0.15, -0.1) is 0 Å². The minimum Gasteiger partial charge on any atom is -0.342 e. The average Bonchev–Trinajstić information content (AvgIpc) is 2.76. The number of H-pyrrole nitrogens is 1. The fraction of sp³-hybridized carbons (Fsp3) is 0.429. The number of ketones is 1. The Hall–Kier alpha value is -1.72. The second-order valence-electron chi connectivity index (χ2n) is 5.19. The van der Waals surface area contributed by atoms with Gasteiger partial charge >= 0.3 is 0 Å². The van der Waals surface area contributed by atoms with Gasteiger partial charge in [-0.2, -0.15) is 0 Å². The highest BCUT2D eigenvalue weighted by Crippen LogP contribution is 2.15. The van der Waals surface area contributed by atoms with Crippen LogP contribution in [0.25, 0.3) is 11.0 Å². The summed E-state index contributed by atoms with van der Waals surface area (Å²) in [5.74, 6) is 1.02. The molecule has 5 heteroatoms. The minimum atomic E-state index is -0.111. The van der Waals surface area contributed by atoms with E-state index in [0.717, 1.165) is 42.1 Å². The van der Waals surface area contributed by atoms with Crippen LogP contribution in [0, 0.1) is 6.92 Å². The predicted molar refractivity (Wildman–Crippen MR) is 74.4 cm³/mol. The molecule has 1 atom stereocenters. The summed E-state index contributed by atoms with van der Waals surface area (Å²) in [7, 11) is 2.04. The number of aryl methyl sites for hydroxylation is 1. The monoisotopic (exact) mass is 258 g/mol. The zero-order chi connectivity index (χ0) is 13.4. The van der Waals surface area contributed by atoms with E-state index in [9.17, 15) is 4.79 Å². The number of hydrogen-bond donors (Lipinski definition) is 2. The van der Waals surface area contributed by atoms with Gasteiger partial charge in [0, 0.05) is 25.2 Å². The average molecular weight is 258 g/mol. The van der Waals surface area contributed by atoms with Crippen LogP contribution in [0.15, 0.2) is 18.2 Å². The Balaban J connectivity index is 1.88. The van der Waals surface area contributed by atoms with E-state index in [4.69, 9.17) is 0 Å². The van der Waals surface area contributed by atoms with Gasteiger partial charge < -0.3 is 15.2 Å². The molecular formula is C14H18N4O. The van der Waals surface area contributed by atoms with Crippen molar-refractivity contribution in [3.05, 3.63) is 29.6 Å². The Labute approximate surface area is 112 Å². The summed E-state index contributed by atoms with van der Waals surface area (Å²) < 4.78 is 0. The van der Waals surface area contributed by atoms with E-state index in [1.54, 1.807) is 0 Å². The van der Waals surface area contributed by atoms with Crippen molar-refractivity contribution in [2.24, 2.45) is 0 Å². The Morgan fingerprint density at radius 3 is 3.11 bits per heavy atom. The molecular weight excluding hydrogens is 240 g/mol. The molecule has 1 saturated heterocycles. The molecule has 0 saturated carbocycles. The molecule has 1 aromatic heterocycles. The van der Waals surface area contributed by atoms with E-state index in [0.29, 0.717) is 0 Å². The van der Waals surface area contributed by atoms with Crippen LogP contribution in [0.1, 0.15) is 16.2 Å². The van der Waals surface area contributed by atoms with Crippen LogP contribution >= 0.6 is 0 Å². The maximum Gasteiger partial charge on any atom is 0.181 e. The van der Waals surface area contributed by atoms with Crippen molar-refractivity contribution in [2.45, 2.75) is 13.0 Å². The molecule has 2 aromatic rings. The Morgan fingerprint density at radius 2 is 2.32 bits per heavy atom. The number of aromatic nitrogens is 2. The third-order valence-corrected chi connectivity index (χ3v) is 3.58. The predicted octanol–water partition coefficient (Wildman–Crippen LogP) is 0.958. The van der Waals surface area contributed by atoms with Crippen molar-refractivity contribution < 1.29 is 4.79 Å². The van der Waals surface area contributed by atoms with Crippen LogP contribution in [-0.2, 0) is 0 Å². The summed E-state index contributed by atoms with van der Waals surface area (Å²) in [6, 6.07) is 5.55. The van der Waals surface area contributed by atoms with Crippen molar-refractivity contribution >= 4 is 16.8 Å². The van der Waals surface area contributed by atoms with E-state index in [1.165, 1.54) is 0 Å². The number of carbonyl (C=O) groups is 1. The van der Waals surface area contributed by atoms with Crippen LogP contribution in [0.5, 0.6) is 0 Å². The third-order valence-electron chi connectivity index (χ3n) is 3.58. The molecule has 2 N–H and O–H groups in total. The Kier molecular flexibility index (Phi) is 3.08. The largest absolute Gasteiger partial charge is 0.342 e. The molecule has 19 heavy (non-hydrogen) atoms. The second-order valence-corrected chi connectivity index (χ2v) is 5.19. The molecule has 1 aromatic carbocycles. The standard InChI is InChI=1S/C14H18N4O/c1-9-16-11-4-3-10(7-12(11)17-9)14(19)13-8-18(2)6-5-15-13/h3-4,7,13,15H,5-6,8H2,1-2H3,(H,16,17). The zero-order valence-corrected chi connectivity index (χ0v) is 11.2. The molecule has 0 radical (unpaired) electrons. The second kappa shape index (κ2) is 4.75. The van der Waals surface area contributed by atoms with E-state index < -0.39 is 0 Å². The molecule has 5 nitrogen and oxygen atoms in total. The first-order chi connectivity index (χ1) is 9.13. The lowest BCUT2D eigenvalue weighted by atomic mass is 10.0. The number of hydrogen-bond acceptors (Lipinski definition) is 4. The molecule has 1 unspecified atom stereocenters. The number of imidazole rings is 1. The summed E-state index contributed by atoms with van der Waals surface area (Å²) in [5, 5.41) is 3.28. The summed E-state index contributed by atoms with van der Waals surface area (Å²) in [6.45, 7) is 4.53. The van der Waals surface area contributed by atoms with Gasteiger partial charge in [0.1, 0.15) is 5.82 Å². The summed E-state index contributed by atoms with van der Waals surface area (Å²) in [5.41, 5.74) is 2.57. The fourth-order valence-corrected chi connectivity index (χ4v) is 2.56. The maximum atomic E-state index is 12.5. The fourth-order valence-electron chi connectivity index (χ4n) is 2.56. The van der Waals surface area contributed by atoms with E-state index in [1.807, 2.05) is 32.2 Å². The molecule has 1 aliphatic heterocycles. The highest BCUT2D eigenvalue weighted by atomic mass is 16.1. The quantitative estimate of drug-likeness (QED) is 0.788. The van der Waals surface area contributed by atoms with Gasteiger partial charge in [0.05, 0.1) is 17.1 Å². The van der Waals surface area contributed by atoms with Crippen LogP contribution in [0.2, 0.25) is 0 Å². The first kappa shape index (κ1) is 12.3. The van der Waals surface area contributed by atoms with E-state index in [2.05, 4.69) is 20.2 Å². The molecule has 0 bridgehead atoms. The van der Waals surface area contributed by atoms with Crippen molar-refractivity contribution in [3.63, 3.8) is 0 Å². The zero-order valence-electron chi connectivity index (χ0n) is 11.2. The van der Waals surface area contributed by atoms with Crippen LogP contribution in [0.3, 0.4) is 0 Å². The lowest BCUT2D eigenvalue weighted by Gasteiger charge is -2.29. The number of Topliss-reactive ketones (excluding diaryl/α,β-unsaturated/α-hetero) is 1. The van der Waals surface area contributed by atoms with Gasteiger partial charge in [0.25, 0.3) is 0 Å². The molecule has 1 fully saturated rings. The van der Waals surface area contributed by atoms with Crippen LogP contribution in [-0.4, -0.2) is 53.4 Å². The molecule has 0 spiro atoms. The van der Waals surface area contributed by atoms with Crippen molar-refractivity contribution in [2.75, 3.05) is 26.7 Å². The molecule has 100 valence electrons. The van der Waals surface area contributed by atoms with Gasteiger partial charge in [0.15, 0.2) is 5.78 Å². The molecule has 1 aliphatic rings. The van der Waals surface area contributed by atoms with Gasteiger partial charge in [-0.25, -0.2) is 4.98 Å². The number of nitrogens with zero attached hydrogens (tertiary/aromatic N) is 2.